The molecule has 0 spiro atoms. The molecule has 0 N–H and O–H groups in total. The van der Waals surface area contributed by atoms with Gasteiger partial charge in [-0.25, -0.2) is 0 Å². The van der Waals surface area contributed by atoms with Gasteiger partial charge in [0.2, 0.25) is 0 Å². The molecule has 2 unspecified atom stereocenters. The highest BCUT2D eigenvalue weighted by molar-refractivity contribution is 5.36. The maximum absolute atomic E-state index is 2.44. The van der Waals surface area contributed by atoms with Crippen LogP contribution in [0, 0.1) is 0 Å². The molecule has 2 heterocycles. The summed E-state index contributed by atoms with van der Waals surface area (Å²) in [6.45, 7) is 2.46. The van der Waals surface area contributed by atoms with Gasteiger partial charge in [-0.3, -0.25) is 0 Å². The van der Waals surface area contributed by atoms with Gasteiger partial charge in [-0.15, -0.1) is 0 Å². The molecule has 0 aliphatic carbocycles. The lowest BCUT2D eigenvalue weighted by molar-refractivity contribution is -0.956. The van der Waals surface area contributed by atoms with E-state index in [1.807, 2.05) is 0 Å². The third-order valence-electron chi connectivity index (χ3n) is 5.12. The monoisotopic (exact) mass is 250 g/mol. The average molecular weight is 250 g/mol. The average Bonchev–Trinajstić information content (AvgIpc) is 2.45. The van der Waals surface area contributed by atoms with Gasteiger partial charge in [0, 0.05) is 24.0 Å². The SMILES string of the molecule is C[N+]12CCc3ccccc3C1Cc1ccccc1C2. The highest BCUT2D eigenvalue weighted by atomic mass is 15.4. The van der Waals surface area contributed by atoms with Gasteiger partial charge in [-0.1, -0.05) is 48.5 Å². The Morgan fingerprint density at radius 3 is 2.42 bits per heavy atom. The fourth-order valence-corrected chi connectivity index (χ4v) is 3.98. The molecule has 19 heavy (non-hydrogen) atoms. The number of quaternary nitrogens is 1. The fourth-order valence-electron chi connectivity index (χ4n) is 3.98. The number of hydrogen-bond acceptors (Lipinski definition) is 0. The second kappa shape index (κ2) is 3.94. The maximum Gasteiger partial charge on any atom is 0.119 e. The van der Waals surface area contributed by atoms with Crippen LogP contribution >= 0.6 is 0 Å². The van der Waals surface area contributed by atoms with Crippen LogP contribution in [0.25, 0.3) is 0 Å². The first kappa shape index (κ1) is 11.2. The zero-order chi connectivity index (χ0) is 12.9. The lowest BCUT2D eigenvalue weighted by Crippen LogP contribution is -2.53. The van der Waals surface area contributed by atoms with Gasteiger partial charge in [-0.05, 0) is 11.1 Å². The molecule has 2 aliphatic rings. The van der Waals surface area contributed by atoms with Crippen LogP contribution in [-0.2, 0) is 19.4 Å². The lowest BCUT2D eigenvalue weighted by atomic mass is 9.82. The van der Waals surface area contributed by atoms with Crippen molar-refractivity contribution in [2.75, 3.05) is 13.6 Å². The van der Waals surface area contributed by atoms with E-state index in [9.17, 15) is 0 Å². The summed E-state index contributed by atoms with van der Waals surface area (Å²) in [4.78, 5) is 0. The van der Waals surface area contributed by atoms with Crippen molar-refractivity contribution in [3.63, 3.8) is 0 Å². The predicted octanol–water partition coefficient (Wildman–Crippen LogP) is 3.49. The Hall–Kier alpha value is -1.60. The van der Waals surface area contributed by atoms with Gasteiger partial charge < -0.3 is 4.48 Å². The molecule has 0 radical (unpaired) electrons. The Morgan fingerprint density at radius 1 is 0.895 bits per heavy atom. The van der Waals surface area contributed by atoms with Gasteiger partial charge in [0.1, 0.15) is 12.6 Å². The van der Waals surface area contributed by atoms with Gasteiger partial charge in [0.15, 0.2) is 0 Å². The standard InChI is InChI=1S/C18H20N/c1-19-11-10-14-6-4-5-9-17(14)18(19)12-15-7-2-3-8-16(15)13-19/h2-9,18H,10-13H2,1H3/q+1. The summed E-state index contributed by atoms with van der Waals surface area (Å²) in [6.07, 6.45) is 2.43. The third-order valence-corrected chi connectivity index (χ3v) is 5.12. The number of rotatable bonds is 0. The Bertz CT molecular complexity index is 631. The summed E-state index contributed by atoms with van der Waals surface area (Å²) in [5.74, 6) is 0. The molecule has 0 amide bonds. The van der Waals surface area contributed by atoms with Gasteiger partial charge >= 0.3 is 0 Å². The first-order chi connectivity index (χ1) is 9.26. The molecule has 0 saturated heterocycles. The Balaban J connectivity index is 1.85. The molecule has 0 aromatic heterocycles. The van der Waals surface area contributed by atoms with Crippen LogP contribution in [-0.4, -0.2) is 18.1 Å². The molecule has 96 valence electrons. The van der Waals surface area contributed by atoms with Crippen LogP contribution in [0.2, 0.25) is 0 Å². The van der Waals surface area contributed by atoms with E-state index in [4.69, 9.17) is 0 Å². The molecular formula is C18H20N+. The first-order valence-corrected chi connectivity index (χ1v) is 7.25. The molecule has 2 aromatic rings. The van der Waals surface area contributed by atoms with Crippen molar-refractivity contribution in [1.82, 2.24) is 0 Å². The summed E-state index contributed by atoms with van der Waals surface area (Å²) >= 11 is 0. The molecular weight excluding hydrogens is 230 g/mol. The van der Waals surface area contributed by atoms with Crippen molar-refractivity contribution in [2.45, 2.75) is 25.4 Å². The second-order valence-electron chi connectivity index (χ2n) is 6.30. The van der Waals surface area contributed by atoms with Crippen molar-refractivity contribution in [3.05, 3.63) is 70.8 Å². The molecule has 1 nitrogen and oxygen atoms in total. The minimum atomic E-state index is 0.653. The Morgan fingerprint density at radius 2 is 1.58 bits per heavy atom. The fraction of sp³-hybridized carbons (Fsp3) is 0.333. The van der Waals surface area contributed by atoms with Crippen molar-refractivity contribution in [3.8, 4) is 0 Å². The van der Waals surface area contributed by atoms with Crippen molar-refractivity contribution < 1.29 is 4.48 Å². The van der Waals surface area contributed by atoms with Crippen LogP contribution < -0.4 is 0 Å². The molecule has 2 atom stereocenters. The normalized spacial score (nSPS) is 28.2. The first-order valence-electron chi connectivity index (χ1n) is 7.25. The van der Waals surface area contributed by atoms with E-state index in [-0.39, 0.29) is 0 Å². The zero-order valence-electron chi connectivity index (χ0n) is 11.5. The molecule has 2 aromatic carbocycles. The molecule has 0 bridgehead atoms. The number of fused-ring (bicyclic) bond motifs is 4. The van der Waals surface area contributed by atoms with E-state index >= 15 is 0 Å². The summed E-state index contributed by atoms with van der Waals surface area (Å²) in [7, 11) is 2.44. The van der Waals surface area contributed by atoms with Gasteiger partial charge in [0.05, 0.1) is 13.6 Å². The smallest absolute Gasteiger partial charge is 0.119 e. The quantitative estimate of drug-likeness (QED) is 0.628. The third kappa shape index (κ3) is 1.65. The van der Waals surface area contributed by atoms with E-state index in [0.717, 1.165) is 0 Å². The van der Waals surface area contributed by atoms with Crippen LogP contribution in [0.15, 0.2) is 48.5 Å². The number of benzene rings is 2. The topological polar surface area (TPSA) is 0 Å². The molecule has 4 rings (SSSR count). The number of hydrogen-bond donors (Lipinski definition) is 0. The number of nitrogens with zero attached hydrogens (tertiary/aromatic N) is 1. The van der Waals surface area contributed by atoms with Crippen LogP contribution in [0.1, 0.15) is 28.3 Å². The zero-order valence-corrected chi connectivity index (χ0v) is 11.5. The lowest BCUT2D eigenvalue weighted by Gasteiger charge is -2.48. The van der Waals surface area contributed by atoms with Crippen LogP contribution in [0.4, 0.5) is 0 Å². The van der Waals surface area contributed by atoms with E-state index in [0.29, 0.717) is 6.04 Å². The van der Waals surface area contributed by atoms with Crippen LogP contribution in [0.5, 0.6) is 0 Å². The molecule has 0 saturated carbocycles. The summed E-state index contributed by atoms with van der Waals surface area (Å²) in [5.41, 5.74) is 6.27. The van der Waals surface area contributed by atoms with Crippen molar-refractivity contribution in [1.29, 1.82) is 0 Å². The van der Waals surface area contributed by atoms with E-state index in [1.54, 1.807) is 22.3 Å². The molecule has 2 aliphatic heterocycles. The molecule has 0 fully saturated rings. The summed E-state index contributed by atoms with van der Waals surface area (Å²) < 4.78 is 1.19. The minimum Gasteiger partial charge on any atom is -0.316 e. The highest BCUT2D eigenvalue weighted by Crippen LogP contribution is 2.42. The van der Waals surface area contributed by atoms with Gasteiger partial charge in [-0.2, -0.15) is 0 Å². The second-order valence-corrected chi connectivity index (χ2v) is 6.30. The van der Waals surface area contributed by atoms with Crippen LogP contribution in [0.3, 0.4) is 0 Å². The van der Waals surface area contributed by atoms with E-state index in [1.165, 1.54) is 30.4 Å². The summed E-state index contributed by atoms with van der Waals surface area (Å²) in [5, 5.41) is 0. The van der Waals surface area contributed by atoms with Crippen molar-refractivity contribution >= 4 is 0 Å². The highest BCUT2D eigenvalue weighted by Gasteiger charge is 2.42. The predicted molar refractivity (Wildman–Crippen MR) is 77.8 cm³/mol. The maximum atomic E-state index is 2.44. The van der Waals surface area contributed by atoms with E-state index < -0.39 is 0 Å². The Labute approximate surface area is 115 Å². The minimum absolute atomic E-state index is 0.653. The molecule has 1 heteroatoms. The van der Waals surface area contributed by atoms with Gasteiger partial charge in [0.25, 0.3) is 0 Å². The van der Waals surface area contributed by atoms with E-state index in [2.05, 4.69) is 55.6 Å². The Kier molecular flexibility index (Phi) is 2.33. The van der Waals surface area contributed by atoms with Crippen molar-refractivity contribution in [2.24, 2.45) is 0 Å². The summed E-state index contributed by atoms with van der Waals surface area (Å²) in [6, 6.07) is 18.7. The number of likely N-dealkylation sites (N-methyl/N-ethyl adjacent to an activating group) is 1. The largest absolute Gasteiger partial charge is 0.316 e.